The smallest absolute Gasteiger partial charge is 0.341 e. The van der Waals surface area contributed by atoms with E-state index in [2.05, 4.69) is 17.5 Å². The first-order valence-corrected chi connectivity index (χ1v) is 13.1. The lowest BCUT2D eigenvalue weighted by Gasteiger charge is -2.17. The summed E-state index contributed by atoms with van der Waals surface area (Å²) in [5, 5.41) is 3.42. The molecule has 180 valence electrons. The third kappa shape index (κ3) is 3.45. The van der Waals surface area contributed by atoms with E-state index < -0.39 is 5.97 Å². The summed E-state index contributed by atoms with van der Waals surface area (Å²) >= 11 is 1.44. The second-order valence-electron chi connectivity index (χ2n) is 9.65. The van der Waals surface area contributed by atoms with Gasteiger partial charge < -0.3 is 10.1 Å². The van der Waals surface area contributed by atoms with Crippen molar-refractivity contribution in [3.05, 3.63) is 58.0 Å². The van der Waals surface area contributed by atoms with E-state index in [1.807, 2.05) is 0 Å². The number of anilines is 2. The molecular weight excluding hydrogens is 464 g/mol. The first-order chi connectivity index (χ1) is 17.0. The topological polar surface area (TPSA) is 92.8 Å². The van der Waals surface area contributed by atoms with Crippen LogP contribution in [-0.2, 0) is 27.2 Å². The Morgan fingerprint density at radius 3 is 2.34 bits per heavy atom. The van der Waals surface area contributed by atoms with Gasteiger partial charge in [-0.15, -0.1) is 11.3 Å². The maximum Gasteiger partial charge on any atom is 0.341 e. The third-order valence-corrected chi connectivity index (χ3v) is 8.94. The molecule has 0 radical (unpaired) electrons. The number of rotatable bonds is 5. The van der Waals surface area contributed by atoms with Crippen LogP contribution in [-0.4, -0.2) is 30.3 Å². The lowest BCUT2D eigenvalue weighted by Crippen LogP contribution is -2.32. The fourth-order valence-electron chi connectivity index (χ4n) is 6.17. The first-order valence-electron chi connectivity index (χ1n) is 12.3. The van der Waals surface area contributed by atoms with Crippen LogP contribution < -0.4 is 10.2 Å². The number of nitrogens with zero attached hydrogens (tertiary/aromatic N) is 1. The van der Waals surface area contributed by atoms with E-state index >= 15 is 0 Å². The van der Waals surface area contributed by atoms with Crippen LogP contribution in [0.3, 0.4) is 0 Å². The SMILES string of the molecule is CCOC(=O)c1c(NC(=O)c2ccc(N3C(=O)[C@@H]4[C@@H](C3=O)[C@H]3C=C[C@H]4C3)cc2)sc2c1CCCC2. The zero-order valence-electron chi connectivity index (χ0n) is 19.4. The van der Waals surface area contributed by atoms with Gasteiger partial charge in [0.05, 0.1) is 29.7 Å². The number of carbonyl (C=O) groups excluding carboxylic acids is 4. The Bertz CT molecular complexity index is 1250. The molecule has 2 bridgehead atoms. The lowest BCUT2D eigenvalue weighted by atomic mass is 9.85. The number of ether oxygens (including phenoxy) is 1. The highest BCUT2D eigenvalue weighted by Gasteiger charge is 2.59. The Hall–Kier alpha value is -3.26. The number of fused-ring (bicyclic) bond motifs is 6. The number of benzene rings is 1. The molecule has 0 spiro atoms. The van der Waals surface area contributed by atoms with E-state index in [4.69, 9.17) is 4.74 Å². The van der Waals surface area contributed by atoms with Crippen molar-refractivity contribution in [1.29, 1.82) is 0 Å². The van der Waals surface area contributed by atoms with Gasteiger partial charge in [0.1, 0.15) is 5.00 Å². The molecule has 8 heteroatoms. The molecule has 7 nitrogen and oxygen atoms in total. The second-order valence-corrected chi connectivity index (χ2v) is 10.8. The van der Waals surface area contributed by atoms with Crippen molar-refractivity contribution in [3.63, 3.8) is 0 Å². The summed E-state index contributed by atoms with van der Waals surface area (Å²) in [6, 6.07) is 6.52. The second kappa shape index (κ2) is 8.45. The van der Waals surface area contributed by atoms with Crippen molar-refractivity contribution in [3.8, 4) is 0 Å². The third-order valence-electron chi connectivity index (χ3n) is 7.74. The standard InChI is InChI=1S/C27H26N2O5S/c1-2-34-27(33)22-18-5-3-4-6-19(18)35-24(22)28-23(30)14-9-11-17(12-10-14)29-25(31)20-15-7-8-16(13-15)21(20)26(29)32/h7-12,15-16,20-21H,2-6,13H2,1H3,(H,28,30)/t15-,16-,20-,21-/m0/s1. The van der Waals surface area contributed by atoms with Gasteiger partial charge in [-0.05, 0) is 80.7 Å². The van der Waals surface area contributed by atoms with Gasteiger partial charge in [-0.25, -0.2) is 4.79 Å². The number of allylic oxidation sites excluding steroid dienone is 2. The molecule has 35 heavy (non-hydrogen) atoms. The Balaban J connectivity index is 1.22. The first kappa shape index (κ1) is 22.2. The molecule has 1 saturated carbocycles. The maximum atomic E-state index is 13.1. The molecular formula is C27H26N2O5S. The molecule has 1 aromatic heterocycles. The van der Waals surface area contributed by atoms with Crippen LogP contribution in [0.5, 0.6) is 0 Å². The predicted molar refractivity (Wildman–Crippen MR) is 132 cm³/mol. The predicted octanol–water partition coefficient (Wildman–Crippen LogP) is 4.37. The lowest BCUT2D eigenvalue weighted by molar-refractivity contribution is -0.123. The number of hydrogen-bond acceptors (Lipinski definition) is 6. The number of nitrogens with one attached hydrogen (secondary N) is 1. The van der Waals surface area contributed by atoms with Crippen molar-refractivity contribution in [2.24, 2.45) is 23.7 Å². The number of carbonyl (C=O) groups is 4. The van der Waals surface area contributed by atoms with Crippen LogP contribution in [0, 0.1) is 23.7 Å². The fourth-order valence-corrected chi connectivity index (χ4v) is 7.44. The van der Waals surface area contributed by atoms with Gasteiger partial charge in [-0.1, -0.05) is 12.2 Å². The maximum absolute atomic E-state index is 13.1. The average molecular weight is 491 g/mol. The number of thiophene rings is 1. The number of hydrogen-bond donors (Lipinski definition) is 1. The molecule has 0 unspecified atom stereocenters. The molecule has 2 aromatic rings. The number of imide groups is 1. The summed E-state index contributed by atoms with van der Waals surface area (Å²) in [6.07, 6.45) is 8.81. The number of amides is 3. The van der Waals surface area contributed by atoms with E-state index in [1.54, 1.807) is 31.2 Å². The molecule has 3 amide bonds. The summed E-state index contributed by atoms with van der Waals surface area (Å²) in [4.78, 5) is 54.2. The van der Waals surface area contributed by atoms with E-state index in [-0.39, 0.29) is 48.0 Å². The summed E-state index contributed by atoms with van der Waals surface area (Å²) in [5.41, 5.74) is 2.34. The van der Waals surface area contributed by atoms with E-state index in [1.165, 1.54) is 16.2 Å². The van der Waals surface area contributed by atoms with Crippen LogP contribution in [0.15, 0.2) is 36.4 Å². The summed E-state index contributed by atoms with van der Waals surface area (Å²) in [6.45, 7) is 2.03. The van der Waals surface area contributed by atoms with Gasteiger partial charge in [0.25, 0.3) is 5.91 Å². The largest absolute Gasteiger partial charge is 0.462 e. The minimum Gasteiger partial charge on any atom is -0.462 e. The molecule has 4 atom stereocenters. The highest BCUT2D eigenvalue weighted by Crippen LogP contribution is 2.53. The highest BCUT2D eigenvalue weighted by molar-refractivity contribution is 7.17. The zero-order chi connectivity index (χ0) is 24.3. The Morgan fingerprint density at radius 2 is 1.69 bits per heavy atom. The normalized spacial score (nSPS) is 26.1. The van der Waals surface area contributed by atoms with Crippen LogP contribution in [0.1, 0.15) is 57.3 Å². The van der Waals surface area contributed by atoms with Crippen molar-refractivity contribution in [2.75, 3.05) is 16.8 Å². The van der Waals surface area contributed by atoms with Crippen molar-refractivity contribution in [2.45, 2.75) is 39.0 Å². The molecule has 2 fully saturated rings. The van der Waals surface area contributed by atoms with Gasteiger partial charge in [0, 0.05) is 10.4 Å². The van der Waals surface area contributed by atoms with Gasteiger partial charge >= 0.3 is 5.97 Å². The zero-order valence-corrected chi connectivity index (χ0v) is 20.2. The van der Waals surface area contributed by atoms with Crippen molar-refractivity contribution < 1.29 is 23.9 Å². The molecule has 1 aliphatic heterocycles. The summed E-state index contributed by atoms with van der Waals surface area (Å²) in [7, 11) is 0. The summed E-state index contributed by atoms with van der Waals surface area (Å²) < 4.78 is 5.27. The Labute approximate surface area is 207 Å². The van der Waals surface area contributed by atoms with Gasteiger partial charge in [-0.3, -0.25) is 19.3 Å². The fraction of sp³-hybridized carbons (Fsp3) is 0.407. The van der Waals surface area contributed by atoms with Gasteiger partial charge in [-0.2, -0.15) is 0 Å². The Kier molecular flexibility index (Phi) is 5.36. The van der Waals surface area contributed by atoms with E-state index in [0.29, 0.717) is 21.8 Å². The molecule has 1 N–H and O–H groups in total. The monoisotopic (exact) mass is 490 g/mol. The number of esters is 1. The highest BCUT2D eigenvalue weighted by atomic mass is 32.1. The molecule has 1 aromatic carbocycles. The van der Waals surface area contributed by atoms with E-state index in [9.17, 15) is 19.2 Å². The van der Waals surface area contributed by atoms with Crippen LogP contribution in [0.4, 0.5) is 10.7 Å². The Morgan fingerprint density at radius 1 is 1.03 bits per heavy atom. The minimum atomic E-state index is -0.405. The average Bonchev–Trinajstić information content (AvgIpc) is 3.61. The van der Waals surface area contributed by atoms with Gasteiger partial charge in [0.2, 0.25) is 11.8 Å². The molecule has 1 saturated heterocycles. The molecule has 6 rings (SSSR count). The minimum absolute atomic E-state index is 0.141. The van der Waals surface area contributed by atoms with Crippen LogP contribution in [0.2, 0.25) is 0 Å². The molecule has 3 aliphatic carbocycles. The number of aryl methyl sites for hydroxylation is 1. The van der Waals surface area contributed by atoms with Gasteiger partial charge in [0.15, 0.2) is 0 Å². The summed E-state index contributed by atoms with van der Waals surface area (Å²) in [5.74, 6) is -1.24. The van der Waals surface area contributed by atoms with Crippen LogP contribution >= 0.6 is 11.3 Å². The van der Waals surface area contributed by atoms with Crippen LogP contribution in [0.25, 0.3) is 0 Å². The van der Waals surface area contributed by atoms with Crippen molar-refractivity contribution >= 4 is 45.7 Å². The van der Waals surface area contributed by atoms with E-state index in [0.717, 1.165) is 42.5 Å². The van der Waals surface area contributed by atoms with Crippen molar-refractivity contribution in [1.82, 2.24) is 0 Å². The quantitative estimate of drug-likeness (QED) is 0.382. The molecule has 2 heterocycles. The molecule has 4 aliphatic rings.